The van der Waals surface area contributed by atoms with Gasteiger partial charge in [-0.2, -0.15) is 0 Å². The first-order valence-corrected chi connectivity index (χ1v) is 36.6. The van der Waals surface area contributed by atoms with E-state index in [4.69, 9.17) is 15.6 Å². The summed E-state index contributed by atoms with van der Waals surface area (Å²) in [7, 11) is 4.51. The second-order valence-electron chi connectivity index (χ2n) is 30.6. The molecular formula is C88H135BO8. The quantitative estimate of drug-likeness (QED) is 0.0357. The summed E-state index contributed by atoms with van der Waals surface area (Å²) in [5, 5.41) is 53.1. The van der Waals surface area contributed by atoms with Crippen LogP contribution in [0.25, 0.3) is 0 Å². The minimum absolute atomic E-state index is 0. The maximum absolute atomic E-state index is 10.7. The predicted molar refractivity (Wildman–Crippen MR) is 415 cm³/mol. The molecule has 4 aliphatic carbocycles. The molecule has 538 valence electrons. The number of aromatic hydroxyl groups is 5. The van der Waals surface area contributed by atoms with E-state index in [1.54, 1.807) is 0 Å². The van der Waals surface area contributed by atoms with Crippen molar-refractivity contribution in [3.63, 3.8) is 0 Å². The van der Waals surface area contributed by atoms with Gasteiger partial charge in [0.2, 0.25) is 0 Å². The number of rotatable bonds is 19. The third-order valence-corrected chi connectivity index (χ3v) is 21.9. The normalized spacial score (nSPS) is 23.9. The number of aryl methyl sites for hydroxylation is 4. The first-order chi connectivity index (χ1) is 45.1. The van der Waals surface area contributed by atoms with E-state index in [1.165, 1.54) is 110 Å². The van der Waals surface area contributed by atoms with Crippen LogP contribution in [0.5, 0.6) is 46.0 Å². The van der Waals surface area contributed by atoms with Gasteiger partial charge in [-0.1, -0.05) is 167 Å². The second kappa shape index (κ2) is 37.5. The standard InChI is InChI=1S/4C21H30O2.CH3B.3CH4/c2*1-5-6-7-8-15-12-18(22)20-16-11-14(2)9-10-17(16)21(3,4)23-19(20)13-15;1-5-6-7-8-15-11-18(22)20-17-13-21(4,23-19(20)12-15)10-9-16(17)14(2)3;1-5-6-7-8-16-12-19(22)21(20(23)13-16)18-11-15(4)9-10-17(18)14(2)3;1-2;;;/h11-13,16-17,22H,5-10H2,1-4H3;9,12-13,16-17,22H,5-8,10-11H2,1-4H3;11-12,16-17,22H,2,5-10,13H2,1,3-4H3;11-13,17-18,22-23H,2,5-10H2,1,3-4H3;1H3;3*1H4/t2*16-,17-;16-,17+,21+;17-,18+;;;;/m1100..../s1/i;;;;1D;;;. The minimum atomic E-state index is -0.177. The van der Waals surface area contributed by atoms with Crippen LogP contribution in [0.4, 0.5) is 0 Å². The Balaban J connectivity index is 0.000000271. The lowest BCUT2D eigenvalue weighted by Crippen LogP contribution is -2.45. The smallest absolute Gasteiger partial charge is 0.127 e. The third kappa shape index (κ3) is 20.8. The molecule has 0 saturated heterocycles. The van der Waals surface area contributed by atoms with Crippen molar-refractivity contribution in [1.29, 1.82) is 0 Å². The molecule has 0 spiro atoms. The first-order valence-electron chi connectivity index (χ1n) is 37.3. The van der Waals surface area contributed by atoms with Crippen LogP contribution in [0.15, 0.2) is 108 Å². The van der Waals surface area contributed by atoms with E-state index in [0.717, 1.165) is 135 Å². The van der Waals surface area contributed by atoms with Gasteiger partial charge in [-0.25, -0.2) is 0 Å². The van der Waals surface area contributed by atoms with Crippen LogP contribution in [-0.2, 0) is 25.7 Å². The average molecular weight is 1330 g/mol. The highest BCUT2D eigenvalue weighted by Crippen LogP contribution is 2.58. The lowest BCUT2D eigenvalue weighted by atomic mass is 9.65. The molecule has 1 saturated carbocycles. The van der Waals surface area contributed by atoms with Crippen molar-refractivity contribution in [1.82, 2.24) is 0 Å². The fourth-order valence-corrected chi connectivity index (χ4v) is 16.8. The van der Waals surface area contributed by atoms with Gasteiger partial charge in [0.15, 0.2) is 0 Å². The molecule has 4 aromatic rings. The zero-order valence-corrected chi connectivity index (χ0v) is 60.8. The van der Waals surface area contributed by atoms with Gasteiger partial charge in [-0.15, -0.1) is 0 Å². The van der Waals surface area contributed by atoms with Gasteiger partial charge in [0, 0.05) is 59.1 Å². The Morgan fingerprint density at radius 3 is 1.33 bits per heavy atom. The summed E-state index contributed by atoms with van der Waals surface area (Å²) >= 11 is 0. The Bertz CT molecular complexity index is 3240. The minimum Gasteiger partial charge on any atom is -0.508 e. The summed E-state index contributed by atoms with van der Waals surface area (Å²) in [6.45, 7) is 38.8. The van der Waals surface area contributed by atoms with Gasteiger partial charge in [0.1, 0.15) is 62.8 Å². The molecule has 5 N–H and O–H groups in total. The molecule has 4 aromatic carbocycles. The van der Waals surface area contributed by atoms with E-state index in [9.17, 15) is 25.5 Å². The van der Waals surface area contributed by atoms with Gasteiger partial charge in [-0.05, 0) is 261 Å². The molecular weight excluding hydrogens is 1200 g/mol. The number of unbranched alkanes of at least 4 members (excludes halogenated alkanes) is 8. The lowest BCUT2D eigenvalue weighted by Gasteiger charge is -2.48. The van der Waals surface area contributed by atoms with Crippen LogP contribution < -0.4 is 14.2 Å². The average Bonchev–Trinajstić information content (AvgIpc) is 0.760. The summed E-state index contributed by atoms with van der Waals surface area (Å²) in [5.41, 5.74) is 14.4. The Hall–Kier alpha value is -5.96. The van der Waals surface area contributed by atoms with Gasteiger partial charge < -0.3 is 39.7 Å². The summed E-state index contributed by atoms with van der Waals surface area (Å²) in [5.74, 6) is 7.11. The van der Waals surface area contributed by atoms with Gasteiger partial charge in [0.05, 0.1) is 7.85 Å². The summed E-state index contributed by atoms with van der Waals surface area (Å²) in [4.78, 5) is 0. The Morgan fingerprint density at radius 1 is 0.495 bits per heavy atom. The van der Waals surface area contributed by atoms with Crippen LogP contribution in [0.1, 0.15) is 324 Å². The summed E-state index contributed by atoms with van der Waals surface area (Å²) in [6.07, 6.45) is 34.7. The molecule has 2 bridgehead atoms. The molecule has 11 rings (SSSR count). The van der Waals surface area contributed by atoms with Crippen molar-refractivity contribution in [2.45, 2.75) is 327 Å². The molecule has 3 aliphatic heterocycles. The van der Waals surface area contributed by atoms with Crippen molar-refractivity contribution in [2.24, 2.45) is 23.7 Å². The second-order valence-corrected chi connectivity index (χ2v) is 30.6. The highest BCUT2D eigenvalue weighted by atomic mass is 16.5. The van der Waals surface area contributed by atoms with Crippen LogP contribution in [-0.4, -0.2) is 50.2 Å². The van der Waals surface area contributed by atoms with Crippen molar-refractivity contribution in [3.05, 3.63) is 152 Å². The lowest BCUT2D eigenvalue weighted by molar-refractivity contribution is 0.00618. The predicted octanol–water partition coefficient (Wildman–Crippen LogP) is 25.2. The van der Waals surface area contributed by atoms with Crippen molar-refractivity contribution < 1.29 is 41.1 Å². The highest BCUT2D eigenvalue weighted by molar-refractivity contribution is 6.05. The van der Waals surface area contributed by atoms with Crippen LogP contribution >= 0.6 is 0 Å². The largest absolute Gasteiger partial charge is 0.508 e. The van der Waals surface area contributed by atoms with E-state index in [1.807, 2.05) is 37.3 Å². The van der Waals surface area contributed by atoms with Crippen molar-refractivity contribution >= 4 is 7.85 Å². The van der Waals surface area contributed by atoms with Gasteiger partial charge in [-0.3, -0.25) is 0 Å². The number of phenolic OH excluding ortho intramolecular Hbond substituents is 5. The van der Waals surface area contributed by atoms with Crippen LogP contribution in [0.3, 0.4) is 0 Å². The Morgan fingerprint density at radius 2 is 0.876 bits per heavy atom. The van der Waals surface area contributed by atoms with Crippen LogP contribution in [0, 0.1) is 23.7 Å². The highest BCUT2D eigenvalue weighted by Gasteiger charge is 2.49. The monoisotopic (exact) mass is 1330 g/mol. The maximum Gasteiger partial charge on any atom is 0.127 e. The molecule has 97 heavy (non-hydrogen) atoms. The van der Waals surface area contributed by atoms with E-state index < -0.39 is 0 Å². The molecule has 0 unspecified atom stereocenters. The van der Waals surface area contributed by atoms with E-state index in [-0.39, 0.29) is 75.1 Å². The van der Waals surface area contributed by atoms with Crippen molar-refractivity contribution in [2.75, 3.05) is 0 Å². The zero-order chi connectivity index (χ0) is 69.5. The van der Waals surface area contributed by atoms with Gasteiger partial charge in [0.25, 0.3) is 0 Å². The number of allylic oxidation sites excluding steroid dienone is 8. The Labute approximate surface area is 594 Å². The Kier molecular flexibility index (Phi) is 31.6. The molecule has 9 heteroatoms. The molecule has 3 heterocycles. The molecule has 8 nitrogen and oxygen atoms in total. The SMILES string of the molecule is C.C.C.C=C(C)[C@@H]1CCC(C)=C[C@H]1c1c(O)cc(CCCCC)cc1O.C=C(C)[C@@H]1CC[C@]2(C)C[C@H]1c1c(O)cc(CCCCC)cc1O2.CCCCCc1cc(O)c2c(c1)OC(C)(C)[C@@H]1CC=C(C)C[C@@H]21.CCCCCc1cc(O)c2c(c1)OC(C)(C)[C@@H]1CCC(C)=C[C@@H]21.[2H]C[B]. The fourth-order valence-electron chi connectivity index (χ4n) is 16.8. The molecule has 2 radical (unpaired) electrons. The maximum atomic E-state index is 10.7. The molecule has 0 amide bonds. The number of phenols is 5. The molecule has 9 atom stereocenters. The number of hydrogen-bond acceptors (Lipinski definition) is 8. The third-order valence-electron chi connectivity index (χ3n) is 21.9. The molecule has 0 aromatic heterocycles. The summed E-state index contributed by atoms with van der Waals surface area (Å²) in [6, 6.07) is 16.1. The topological polar surface area (TPSA) is 129 Å². The zero-order valence-electron chi connectivity index (χ0n) is 61.8. The summed E-state index contributed by atoms with van der Waals surface area (Å²) < 4.78 is 25.1. The number of benzene rings is 4. The van der Waals surface area contributed by atoms with E-state index in [2.05, 4.69) is 147 Å². The van der Waals surface area contributed by atoms with Gasteiger partial charge >= 0.3 is 0 Å². The van der Waals surface area contributed by atoms with Crippen molar-refractivity contribution in [3.8, 4) is 46.0 Å². The van der Waals surface area contributed by atoms with E-state index >= 15 is 0 Å². The van der Waals surface area contributed by atoms with E-state index in [0.29, 0.717) is 52.4 Å². The number of hydrogen-bond donors (Lipinski definition) is 5. The first kappa shape index (κ1) is 81.7. The molecule has 7 aliphatic rings. The number of fused-ring (bicyclic) bond motifs is 10. The number of ether oxygens (including phenoxy) is 3. The molecule has 1 fully saturated rings. The fraction of sp³-hybridized carbons (Fsp3) is 0.614. The van der Waals surface area contributed by atoms with Crippen LogP contribution in [0.2, 0.25) is 6.80 Å².